The monoisotopic (exact) mass is 1920 g/mol. The largest absolute Gasteiger partial charge is 0.455 e. The summed E-state index contributed by atoms with van der Waals surface area (Å²) in [5.41, 5.74) is 30.3. The molecule has 694 valence electrons. The highest BCUT2D eigenvalue weighted by molar-refractivity contribution is 7.27. The molecule has 7 aromatic heterocycles. The SMILES string of the molecule is c1ccc(-c2nc(-c3ccc(-c4cccc5c4ccc4c6ccccc6oc54)cc3)nc(-c3ccc4c(c3)C3(c5ccccc5-c5ccccc53)c3ccccc3-4)n2)cc1.c1ccc(-c2nc(-c3cccc(-c4cccc5c4ccc4c6ccccc6oc54)c3)nc(-c3cccc4c3oc3ccccc34)n2)cc1.c1ccc(-c2nc(-c3ccccc3)nc(-c3cccc4c3ccc3c5cccc(-c6ccccc6)c5sc43)n2)cc1. The molecule has 0 aliphatic heterocycles. The Bertz CT molecular complexity index is 10300. The van der Waals surface area contributed by atoms with E-state index in [1.54, 1.807) is 0 Å². The van der Waals surface area contributed by atoms with Gasteiger partial charge in [-0.25, -0.2) is 44.9 Å². The third-order valence-corrected chi connectivity index (χ3v) is 30.8. The minimum absolute atomic E-state index is 0.457. The van der Waals surface area contributed by atoms with Gasteiger partial charge in [-0.05, 0) is 143 Å². The fraction of sp³-hybridized carbons (Fsp3) is 0.00735. The van der Waals surface area contributed by atoms with Crippen LogP contribution in [0.25, 0.3) is 276 Å². The van der Waals surface area contributed by atoms with Gasteiger partial charge in [0.15, 0.2) is 52.4 Å². The predicted octanol–water partition coefficient (Wildman–Crippen LogP) is 35.5. The normalized spacial score (nSPS) is 12.2. The van der Waals surface area contributed by atoms with Gasteiger partial charge < -0.3 is 13.3 Å². The topological polar surface area (TPSA) is 155 Å². The lowest BCUT2D eigenvalue weighted by atomic mass is 9.70. The van der Waals surface area contributed by atoms with Crippen LogP contribution in [0.2, 0.25) is 0 Å². The minimum Gasteiger partial charge on any atom is -0.455 e. The van der Waals surface area contributed by atoms with Crippen LogP contribution in [0.5, 0.6) is 0 Å². The average molecular weight is 1920 g/mol. The summed E-state index contributed by atoms with van der Waals surface area (Å²) in [6.07, 6.45) is 0. The molecular formula is C136H81N9O3S. The highest BCUT2D eigenvalue weighted by atomic mass is 32.1. The van der Waals surface area contributed by atoms with E-state index in [-0.39, 0.29) is 0 Å². The molecule has 12 nitrogen and oxygen atoms in total. The highest BCUT2D eigenvalue weighted by Crippen LogP contribution is 2.63. The van der Waals surface area contributed by atoms with Crippen molar-refractivity contribution in [1.82, 2.24) is 44.9 Å². The van der Waals surface area contributed by atoms with Gasteiger partial charge in [0, 0.05) is 113 Å². The summed E-state index contributed by atoms with van der Waals surface area (Å²) < 4.78 is 21.8. The zero-order chi connectivity index (χ0) is 98.1. The Morgan fingerprint density at radius 1 is 0.141 bits per heavy atom. The molecule has 31 rings (SSSR count). The molecule has 2 aliphatic rings. The van der Waals surface area contributed by atoms with Crippen LogP contribution in [-0.2, 0) is 5.41 Å². The van der Waals surface area contributed by atoms with Crippen molar-refractivity contribution in [3.63, 3.8) is 0 Å². The molecule has 0 atom stereocenters. The van der Waals surface area contributed by atoms with E-state index in [2.05, 4.69) is 328 Å². The fourth-order valence-electron chi connectivity index (χ4n) is 22.6. The van der Waals surface area contributed by atoms with Gasteiger partial charge in [0.25, 0.3) is 0 Å². The van der Waals surface area contributed by atoms with Crippen LogP contribution in [0, 0.1) is 0 Å². The maximum atomic E-state index is 6.41. The van der Waals surface area contributed by atoms with Crippen LogP contribution in [-0.4, -0.2) is 44.9 Å². The zero-order valence-corrected chi connectivity index (χ0v) is 80.7. The maximum Gasteiger partial charge on any atom is 0.167 e. The van der Waals surface area contributed by atoms with E-state index in [4.69, 9.17) is 58.1 Å². The van der Waals surface area contributed by atoms with Crippen LogP contribution in [0.1, 0.15) is 22.3 Å². The smallest absolute Gasteiger partial charge is 0.167 e. The summed E-state index contributed by atoms with van der Waals surface area (Å²) >= 11 is 1.86. The Morgan fingerprint density at radius 3 is 0.879 bits per heavy atom. The van der Waals surface area contributed by atoms with Crippen molar-refractivity contribution in [2.45, 2.75) is 5.41 Å². The molecule has 0 fully saturated rings. The first-order valence-corrected chi connectivity index (χ1v) is 50.8. The molecule has 0 unspecified atom stereocenters. The number of fused-ring (bicyclic) bond motifs is 28. The molecular weight excluding hydrogens is 1840 g/mol. The number of aromatic nitrogens is 9. The molecule has 0 saturated carbocycles. The Labute approximate surface area is 858 Å². The molecule has 7 heterocycles. The highest BCUT2D eigenvalue weighted by Gasteiger charge is 2.52. The molecule has 22 aromatic carbocycles. The summed E-state index contributed by atoms with van der Waals surface area (Å²) in [6.45, 7) is 0. The number of thiophene rings is 1. The fourth-order valence-corrected chi connectivity index (χ4v) is 24.0. The van der Waals surface area contributed by atoms with Crippen LogP contribution in [0.15, 0.2) is 505 Å². The van der Waals surface area contributed by atoms with E-state index in [1.807, 2.05) is 175 Å². The van der Waals surface area contributed by atoms with Crippen molar-refractivity contribution in [2.24, 2.45) is 0 Å². The Kier molecular flexibility index (Phi) is 20.4. The van der Waals surface area contributed by atoms with Gasteiger partial charge in [-0.2, -0.15) is 0 Å². The second-order valence-electron chi connectivity index (χ2n) is 37.8. The van der Waals surface area contributed by atoms with E-state index in [1.165, 1.54) is 81.2 Å². The Morgan fingerprint density at radius 2 is 0.403 bits per heavy atom. The van der Waals surface area contributed by atoms with Crippen molar-refractivity contribution in [3.05, 3.63) is 514 Å². The van der Waals surface area contributed by atoms with E-state index in [0.717, 1.165) is 165 Å². The molecule has 0 radical (unpaired) electrons. The number of hydrogen-bond donors (Lipinski definition) is 0. The second kappa shape index (κ2) is 35.4. The lowest BCUT2D eigenvalue weighted by Crippen LogP contribution is -2.25. The zero-order valence-electron chi connectivity index (χ0n) is 79.9. The number of para-hydroxylation sites is 4. The molecule has 13 heteroatoms. The van der Waals surface area contributed by atoms with Crippen molar-refractivity contribution in [1.29, 1.82) is 0 Å². The average Bonchev–Trinajstić information content (AvgIpc) is 1.50. The number of furan rings is 3. The second-order valence-corrected chi connectivity index (χ2v) is 38.9. The maximum absolute atomic E-state index is 6.41. The number of nitrogens with zero attached hydrogens (tertiary/aromatic N) is 9. The molecule has 29 aromatic rings. The van der Waals surface area contributed by atoms with Crippen molar-refractivity contribution in [3.8, 4) is 158 Å². The summed E-state index contributed by atoms with van der Waals surface area (Å²) in [4.78, 5) is 45.5. The molecule has 0 saturated heterocycles. The van der Waals surface area contributed by atoms with Gasteiger partial charge in [0.2, 0.25) is 0 Å². The Hall–Kier alpha value is -19.7. The van der Waals surface area contributed by atoms with Gasteiger partial charge in [-0.15, -0.1) is 11.3 Å². The van der Waals surface area contributed by atoms with Gasteiger partial charge in [-0.1, -0.05) is 443 Å². The van der Waals surface area contributed by atoms with E-state index >= 15 is 0 Å². The van der Waals surface area contributed by atoms with Gasteiger partial charge in [0.05, 0.1) is 11.0 Å². The van der Waals surface area contributed by atoms with Gasteiger partial charge >= 0.3 is 0 Å². The van der Waals surface area contributed by atoms with Crippen LogP contribution < -0.4 is 0 Å². The standard InChI is InChI=1S/C56H33N3O.C43H25N3O2.C37H23N3S/c1-2-13-35(14-3-1)53-57-54(36-27-25-34(26-28-36)38-19-12-20-45-39(38)31-32-46-44-18-7-11-24-51(44)60-52(45)46)59-55(58-53)37-29-30-43-42-17-6-10-23-49(42)56(50(43)33-37)47-21-8-4-15-40(47)41-16-5-9-22-48(41)56;1-2-11-26(12-3-1)41-44-42(46-43(45-41)36-20-10-19-34-31-15-4-6-21-37(31)48-40(34)36)28-14-8-13-27(25-28)29-17-9-18-33-30(29)23-24-35-32-16-5-7-22-38(32)47-39(33)35;1-4-12-24(13-5-1)27-18-10-20-30-31-23-22-28-29(34(31)41-33(27)30)19-11-21-32(28)37-39-35(25-14-6-2-7-15-25)38-36(40-37)26-16-8-3-9-17-26/h1-33H;1-25H;1-23H. The minimum atomic E-state index is -0.457. The quantitative estimate of drug-likeness (QED) is 0.114. The molecule has 149 heavy (non-hydrogen) atoms. The molecule has 2 aliphatic carbocycles. The third-order valence-electron chi connectivity index (χ3n) is 29.5. The van der Waals surface area contributed by atoms with Crippen LogP contribution in [0.4, 0.5) is 0 Å². The first-order valence-electron chi connectivity index (χ1n) is 50.0. The van der Waals surface area contributed by atoms with E-state index in [9.17, 15) is 0 Å². The van der Waals surface area contributed by atoms with E-state index < -0.39 is 5.41 Å². The van der Waals surface area contributed by atoms with Crippen LogP contribution >= 0.6 is 11.3 Å². The van der Waals surface area contributed by atoms with Crippen molar-refractivity contribution in [2.75, 3.05) is 0 Å². The van der Waals surface area contributed by atoms with E-state index in [0.29, 0.717) is 52.4 Å². The van der Waals surface area contributed by atoms with Gasteiger partial charge in [0.1, 0.15) is 33.5 Å². The Balaban J connectivity index is 0.000000107. The summed E-state index contributed by atoms with van der Waals surface area (Å²) in [5.74, 6) is 5.67. The van der Waals surface area contributed by atoms with Crippen LogP contribution in [0.3, 0.4) is 0 Å². The summed E-state index contributed by atoms with van der Waals surface area (Å²) in [5, 5.41) is 16.0. The lowest BCUT2D eigenvalue weighted by molar-refractivity contribution is 0.669. The van der Waals surface area contributed by atoms with Crippen molar-refractivity contribution >= 4 is 130 Å². The number of hydrogen-bond acceptors (Lipinski definition) is 13. The number of rotatable bonds is 12. The first-order chi connectivity index (χ1) is 73.8. The molecule has 0 bridgehead atoms. The first kappa shape index (κ1) is 86.0. The third kappa shape index (κ3) is 14.4. The summed E-state index contributed by atoms with van der Waals surface area (Å²) in [7, 11) is 0. The van der Waals surface area contributed by atoms with Crippen molar-refractivity contribution < 1.29 is 13.3 Å². The van der Waals surface area contributed by atoms with Gasteiger partial charge in [-0.3, -0.25) is 0 Å². The summed E-state index contributed by atoms with van der Waals surface area (Å²) in [6, 6.07) is 171. The lowest BCUT2D eigenvalue weighted by Gasteiger charge is -2.30. The molecule has 0 amide bonds. The molecule has 1 spiro atoms. The number of benzene rings is 22. The predicted molar refractivity (Wildman–Crippen MR) is 608 cm³/mol. The molecule has 0 N–H and O–H groups in total.